The third-order valence-corrected chi connectivity index (χ3v) is 3.88. The van der Waals surface area contributed by atoms with Crippen molar-refractivity contribution < 1.29 is 4.74 Å². The van der Waals surface area contributed by atoms with Gasteiger partial charge in [-0.2, -0.15) is 5.10 Å². The first-order valence-electron chi connectivity index (χ1n) is 7.48. The van der Waals surface area contributed by atoms with Crippen LogP contribution in [0.1, 0.15) is 5.56 Å². The van der Waals surface area contributed by atoms with Gasteiger partial charge in [-0.3, -0.25) is 9.89 Å². The number of benzene rings is 2. The molecule has 124 valence electrons. The molecule has 8 heteroatoms. The second-order valence-corrected chi connectivity index (χ2v) is 5.83. The van der Waals surface area contributed by atoms with Gasteiger partial charge in [0.15, 0.2) is 0 Å². The van der Waals surface area contributed by atoms with Crippen molar-refractivity contribution >= 4 is 22.5 Å². The van der Waals surface area contributed by atoms with Crippen LogP contribution in [0.5, 0.6) is 11.5 Å². The maximum atomic E-state index is 12.7. The molecule has 25 heavy (non-hydrogen) atoms. The molecule has 0 aliphatic rings. The molecule has 1 N–H and O–H groups in total. The van der Waals surface area contributed by atoms with Gasteiger partial charge in [0.25, 0.3) is 5.56 Å². The fourth-order valence-electron chi connectivity index (χ4n) is 2.40. The number of hydrogen-bond acceptors (Lipinski definition) is 5. The van der Waals surface area contributed by atoms with Gasteiger partial charge in [-0.05, 0) is 42.5 Å². The van der Waals surface area contributed by atoms with E-state index in [1.165, 1.54) is 4.68 Å². The number of aromatic amines is 1. The Morgan fingerprint density at radius 2 is 1.92 bits per heavy atom. The minimum Gasteiger partial charge on any atom is -0.457 e. The van der Waals surface area contributed by atoms with E-state index in [9.17, 15) is 4.79 Å². The molecule has 0 radical (unpaired) electrons. The molecule has 0 spiro atoms. The zero-order chi connectivity index (χ0) is 17.2. The van der Waals surface area contributed by atoms with Gasteiger partial charge in [0.05, 0.1) is 18.1 Å². The molecule has 4 aromatic rings. The van der Waals surface area contributed by atoms with Crippen LogP contribution in [0.15, 0.2) is 59.7 Å². The van der Waals surface area contributed by atoms with E-state index in [2.05, 4.69) is 20.5 Å². The minimum absolute atomic E-state index is 0.243. The molecule has 0 bridgehead atoms. The van der Waals surface area contributed by atoms with Crippen molar-refractivity contribution in [3.8, 4) is 11.5 Å². The molecule has 2 heterocycles. The summed E-state index contributed by atoms with van der Waals surface area (Å²) in [7, 11) is 0. The molecule has 0 fully saturated rings. The number of ether oxygens (including phenoxy) is 1. The third kappa shape index (κ3) is 3.22. The molecule has 0 saturated heterocycles. The zero-order valence-electron chi connectivity index (χ0n) is 12.9. The van der Waals surface area contributed by atoms with Crippen LogP contribution < -0.4 is 10.3 Å². The maximum Gasteiger partial charge on any atom is 0.278 e. The summed E-state index contributed by atoms with van der Waals surface area (Å²) in [4.78, 5) is 12.7. The number of H-pyrrole nitrogens is 1. The Hall–Kier alpha value is -3.19. The molecule has 0 saturated carbocycles. The summed E-state index contributed by atoms with van der Waals surface area (Å²) >= 11 is 5.87. The molecule has 0 atom stereocenters. The lowest BCUT2D eigenvalue weighted by Crippen LogP contribution is -2.24. The summed E-state index contributed by atoms with van der Waals surface area (Å²) in [6.45, 7) is 0.292. The van der Waals surface area contributed by atoms with Crippen molar-refractivity contribution in [2.75, 3.05) is 0 Å². The highest BCUT2D eigenvalue weighted by Crippen LogP contribution is 2.24. The molecular weight excluding hydrogens is 342 g/mol. The van der Waals surface area contributed by atoms with Gasteiger partial charge in [0.1, 0.15) is 17.0 Å². The molecule has 0 aliphatic carbocycles. The van der Waals surface area contributed by atoms with Crippen LogP contribution in [0.2, 0.25) is 5.02 Å². The number of nitrogens with one attached hydrogen (secondary N) is 1. The van der Waals surface area contributed by atoms with Gasteiger partial charge in [-0.15, -0.1) is 5.10 Å². The minimum atomic E-state index is -0.243. The normalized spacial score (nSPS) is 10.9. The smallest absolute Gasteiger partial charge is 0.278 e. The van der Waals surface area contributed by atoms with Gasteiger partial charge in [0.2, 0.25) is 0 Å². The first kappa shape index (κ1) is 15.3. The highest BCUT2D eigenvalue weighted by Gasteiger charge is 2.09. The predicted octanol–water partition coefficient (Wildman–Crippen LogP) is 3.01. The van der Waals surface area contributed by atoms with Crippen LogP contribution in [-0.4, -0.2) is 25.2 Å². The van der Waals surface area contributed by atoms with E-state index in [4.69, 9.17) is 16.3 Å². The monoisotopic (exact) mass is 353 g/mol. The number of nitrogens with zero attached hydrogens (tertiary/aromatic N) is 4. The van der Waals surface area contributed by atoms with Crippen LogP contribution >= 0.6 is 11.6 Å². The fourth-order valence-corrected chi connectivity index (χ4v) is 2.52. The Bertz CT molecular complexity index is 1070. The quantitative estimate of drug-likeness (QED) is 0.609. The molecule has 2 aromatic heterocycles. The SMILES string of the molecule is O=c1c2cc(Oc3ccc(Cl)cc3)ccc2nnn1Cc1cn[nH]c1. The third-order valence-electron chi connectivity index (χ3n) is 3.63. The van der Waals surface area contributed by atoms with Crippen molar-refractivity contribution in [1.82, 2.24) is 25.2 Å². The first-order valence-corrected chi connectivity index (χ1v) is 7.85. The lowest BCUT2D eigenvalue weighted by Gasteiger charge is -2.07. The van der Waals surface area contributed by atoms with Crippen molar-refractivity contribution in [2.45, 2.75) is 6.54 Å². The highest BCUT2D eigenvalue weighted by atomic mass is 35.5. The predicted molar refractivity (Wildman–Crippen MR) is 93.0 cm³/mol. The Balaban J connectivity index is 1.69. The molecule has 0 unspecified atom stereocenters. The number of halogens is 1. The Morgan fingerprint density at radius 1 is 1.12 bits per heavy atom. The Morgan fingerprint density at radius 3 is 2.68 bits per heavy atom. The van der Waals surface area contributed by atoms with Crippen molar-refractivity contribution in [2.24, 2.45) is 0 Å². The van der Waals surface area contributed by atoms with Gasteiger partial charge in [-0.25, -0.2) is 4.68 Å². The van der Waals surface area contributed by atoms with Crippen LogP contribution in [-0.2, 0) is 6.54 Å². The van der Waals surface area contributed by atoms with E-state index in [1.807, 2.05) is 0 Å². The van der Waals surface area contributed by atoms with Crippen LogP contribution in [0.4, 0.5) is 0 Å². The standard InChI is InChI=1S/C17H12ClN5O2/c18-12-1-3-13(4-2-12)25-14-5-6-16-15(7-14)17(24)23(22-21-16)10-11-8-19-20-9-11/h1-9H,10H2,(H,19,20). The second-order valence-electron chi connectivity index (χ2n) is 5.39. The second kappa shape index (κ2) is 6.37. The lowest BCUT2D eigenvalue weighted by molar-refractivity contribution is 0.483. The van der Waals surface area contributed by atoms with E-state index in [0.717, 1.165) is 5.56 Å². The number of fused-ring (bicyclic) bond motifs is 1. The van der Waals surface area contributed by atoms with Crippen LogP contribution in [0.3, 0.4) is 0 Å². The van der Waals surface area contributed by atoms with E-state index >= 15 is 0 Å². The largest absolute Gasteiger partial charge is 0.457 e. The van der Waals surface area contributed by atoms with Gasteiger partial charge >= 0.3 is 0 Å². The number of aromatic nitrogens is 5. The summed E-state index contributed by atoms with van der Waals surface area (Å²) in [6.07, 6.45) is 3.34. The highest BCUT2D eigenvalue weighted by molar-refractivity contribution is 6.30. The number of hydrogen-bond donors (Lipinski definition) is 1. The Labute approximate surface area is 146 Å². The van der Waals surface area contributed by atoms with Gasteiger partial charge < -0.3 is 4.74 Å². The van der Waals surface area contributed by atoms with E-state index in [1.54, 1.807) is 54.9 Å². The van der Waals surface area contributed by atoms with E-state index in [0.29, 0.717) is 34.0 Å². The van der Waals surface area contributed by atoms with E-state index < -0.39 is 0 Å². The van der Waals surface area contributed by atoms with Crippen LogP contribution in [0.25, 0.3) is 10.9 Å². The summed E-state index contributed by atoms with van der Waals surface area (Å²) < 4.78 is 7.06. The van der Waals surface area contributed by atoms with Gasteiger partial charge in [0, 0.05) is 16.8 Å². The lowest BCUT2D eigenvalue weighted by atomic mass is 10.2. The summed E-state index contributed by atoms with van der Waals surface area (Å²) in [5.74, 6) is 1.17. The van der Waals surface area contributed by atoms with Gasteiger partial charge in [-0.1, -0.05) is 16.8 Å². The van der Waals surface area contributed by atoms with Crippen molar-refractivity contribution in [3.05, 3.63) is 75.8 Å². The molecular formula is C17H12ClN5O2. The molecule has 7 nitrogen and oxygen atoms in total. The number of rotatable bonds is 4. The first-order chi connectivity index (χ1) is 12.2. The van der Waals surface area contributed by atoms with Crippen molar-refractivity contribution in [1.29, 1.82) is 0 Å². The molecule has 0 amide bonds. The average Bonchev–Trinajstić information content (AvgIpc) is 3.13. The molecule has 0 aliphatic heterocycles. The molecule has 2 aromatic carbocycles. The Kier molecular flexibility index (Phi) is 3.91. The summed E-state index contributed by atoms with van der Waals surface area (Å²) in [5, 5.41) is 15.7. The topological polar surface area (TPSA) is 85.7 Å². The fraction of sp³-hybridized carbons (Fsp3) is 0.0588. The molecule has 4 rings (SSSR count). The maximum absolute atomic E-state index is 12.7. The summed E-state index contributed by atoms with van der Waals surface area (Å²) in [5.41, 5.74) is 1.11. The zero-order valence-corrected chi connectivity index (χ0v) is 13.6. The van der Waals surface area contributed by atoms with Crippen LogP contribution in [0, 0.1) is 0 Å². The average molecular weight is 354 g/mol. The summed E-state index contributed by atoms with van der Waals surface area (Å²) in [6, 6.07) is 12.1. The van der Waals surface area contributed by atoms with Crippen molar-refractivity contribution in [3.63, 3.8) is 0 Å². The van der Waals surface area contributed by atoms with E-state index in [-0.39, 0.29) is 5.56 Å².